The average Bonchev–Trinajstić information content (AvgIpc) is 2.10. The van der Waals surface area contributed by atoms with Crippen molar-refractivity contribution in [2.24, 2.45) is 0 Å². The van der Waals surface area contributed by atoms with Crippen LogP contribution in [0.3, 0.4) is 0 Å². The Morgan fingerprint density at radius 2 is 2.12 bits per heavy atom. The van der Waals surface area contributed by atoms with Gasteiger partial charge in [-0.3, -0.25) is 0 Å². The average molecular weight is 254 g/mol. The number of hydrogen-bond acceptors (Lipinski definition) is 4. The van der Waals surface area contributed by atoms with Crippen molar-refractivity contribution in [2.75, 3.05) is 6.61 Å². The lowest BCUT2D eigenvalue weighted by Gasteiger charge is -2.10. The third kappa shape index (κ3) is 3.48. The van der Waals surface area contributed by atoms with E-state index >= 15 is 0 Å². The summed E-state index contributed by atoms with van der Waals surface area (Å²) in [4.78, 5) is 10.7. The van der Waals surface area contributed by atoms with Crippen LogP contribution < -0.4 is 10.4 Å². The van der Waals surface area contributed by atoms with E-state index in [4.69, 9.17) is 4.74 Å². The molecule has 0 atom stereocenters. The van der Waals surface area contributed by atoms with Crippen molar-refractivity contribution in [2.45, 2.75) is 24.3 Å². The van der Waals surface area contributed by atoms with Crippen molar-refractivity contribution in [1.82, 2.24) is 0 Å². The summed E-state index contributed by atoms with van der Waals surface area (Å²) in [7, 11) is 0. The van der Waals surface area contributed by atoms with Crippen molar-refractivity contribution in [3.63, 3.8) is 0 Å². The molecule has 0 spiro atoms. The summed E-state index contributed by atoms with van der Waals surface area (Å²) in [5, 5.41) is 0. The normalized spacial score (nSPS) is 11.6. The summed E-state index contributed by atoms with van der Waals surface area (Å²) < 4.78 is 46.1. The van der Waals surface area contributed by atoms with Crippen molar-refractivity contribution < 1.29 is 22.3 Å². The minimum Gasteiger partial charge on any atom is -0.492 e. The van der Waals surface area contributed by atoms with Gasteiger partial charge in [0.15, 0.2) is 0 Å². The molecule has 0 aliphatic rings. The third-order valence-electron chi connectivity index (χ3n) is 1.51. The Morgan fingerprint density at radius 1 is 1.50 bits per heavy atom. The molecule has 0 unspecified atom stereocenters. The van der Waals surface area contributed by atoms with Gasteiger partial charge in [0.2, 0.25) is 0 Å². The molecule has 0 aliphatic carbocycles. The van der Waals surface area contributed by atoms with Crippen molar-refractivity contribution in [3.05, 3.63) is 22.2 Å². The van der Waals surface area contributed by atoms with Crippen LogP contribution in [0.15, 0.2) is 20.2 Å². The van der Waals surface area contributed by atoms with Crippen LogP contribution in [0.4, 0.5) is 13.2 Å². The first-order chi connectivity index (χ1) is 7.33. The van der Waals surface area contributed by atoms with Crippen LogP contribution in [-0.2, 0) is 0 Å². The van der Waals surface area contributed by atoms with E-state index in [0.717, 1.165) is 0 Å². The van der Waals surface area contributed by atoms with E-state index in [-0.39, 0.29) is 18.1 Å². The molecule has 0 bridgehead atoms. The van der Waals surface area contributed by atoms with E-state index in [0.29, 0.717) is 0 Å². The largest absolute Gasteiger partial charge is 0.492 e. The summed E-state index contributed by atoms with van der Waals surface area (Å²) in [5.74, 6) is 0.110. The highest BCUT2D eigenvalue weighted by Gasteiger charge is 2.33. The molecule has 1 heterocycles. The standard InChI is InChI=1S/C9H9F3O3S/c1-3-14-6-4-5(2)15-8(13)7(6)16-9(10,11)12/h4H,3H2,1-2H3. The Hall–Kier alpha value is -1.11. The number of alkyl halides is 3. The van der Waals surface area contributed by atoms with Crippen LogP contribution in [0, 0.1) is 6.92 Å². The minimum absolute atomic E-state index is 0.0985. The number of hydrogen-bond donors (Lipinski definition) is 0. The fourth-order valence-corrected chi connectivity index (χ4v) is 1.62. The van der Waals surface area contributed by atoms with Gasteiger partial charge in [-0.25, -0.2) is 4.79 Å². The first-order valence-corrected chi connectivity index (χ1v) is 5.18. The fourth-order valence-electron chi connectivity index (χ4n) is 1.04. The predicted molar refractivity (Wildman–Crippen MR) is 52.8 cm³/mol. The van der Waals surface area contributed by atoms with E-state index < -0.39 is 27.8 Å². The Balaban J connectivity index is 3.19. The molecule has 0 fully saturated rings. The second-order valence-corrected chi connectivity index (χ2v) is 3.89. The van der Waals surface area contributed by atoms with Gasteiger partial charge in [-0.15, -0.1) is 0 Å². The van der Waals surface area contributed by atoms with Gasteiger partial charge in [0.1, 0.15) is 16.4 Å². The molecule has 0 radical (unpaired) electrons. The van der Waals surface area contributed by atoms with Crippen LogP contribution in [0.2, 0.25) is 0 Å². The van der Waals surface area contributed by atoms with E-state index in [2.05, 4.69) is 4.42 Å². The van der Waals surface area contributed by atoms with Crippen molar-refractivity contribution in [3.8, 4) is 5.75 Å². The van der Waals surface area contributed by atoms with Gasteiger partial charge in [0.25, 0.3) is 0 Å². The first kappa shape index (κ1) is 13.0. The fraction of sp³-hybridized carbons (Fsp3) is 0.444. The summed E-state index contributed by atoms with van der Waals surface area (Å²) in [6, 6.07) is 1.26. The maximum absolute atomic E-state index is 12.2. The van der Waals surface area contributed by atoms with Crippen LogP contribution in [0.5, 0.6) is 5.75 Å². The lowest BCUT2D eigenvalue weighted by Crippen LogP contribution is -2.11. The lowest BCUT2D eigenvalue weighted by molar-refractivity contribution is -0.0330. The minimum atomic E-state index is -4.55. The summed E-state index contributed by atoms with van der Waals surface area (Å²) in [5.41, 5.74) is -5.58. The molecule has 3 nitrogen and oxygen atoms in total. The molecule has 1 aromatic rings. The topological polar surface area (TPSA) is 39.4 Å². The number of ether oxygens (including phenoxy) is 1. The molecule has 16 heavy (non-hydrogen) atoms. The lowest BCUT2D eigenvalue weighted by atomic mass is 10.4. The van der Waals surface area contributed by atoms with Gasteiger partial charge in [-0.1, -0.05) is 0 Å². The SMILES string of the molecule is CCOc1cc(C)oc(=O)c1SC(F)(F)F. The summed E-state index contributed by atoms with van der Waals surface area (Å²) in [6.07, 6.45) is 0. The number of thioether (sulfide) groups is 1. The summed E-state index contributed by atoms with van der Waals surface area (Å²) >= 11 is -0.529. The second kappa shape index (κ2) is 4.82. The molecule has 0 N–H and O–H groups in total. The van der Waals surface area contributed by atoms with Crippen LogP contribution in [0.1, 0.15) is 12.7 Å². The van der Waals surface area contributed by atoms with Gasteiger partial charge >= 0.3 is 11.1 Å². The maximum Gasteiger partial charge on any atom is 0.446 e. The maximum atomic E-state index is 12.2. The molecule has 1 aromatic heterocycles. The molecule has 90 valence electrons. The number of aryl methyl sites for hydroxylation is 1. The monoisotopic (exact) mass is 254 g/mol. The molecule has 7 heteroatoms. The van der Waals surface area contributed by atoms with Crippen molar-refractivity contribution >= 4 is 11.8 Å². The zero-order chi connectivity index (χ0) is 12.3. The number of halogens is 3. The van der Waals surface area contributed by atoms with Crippen LogP contribution in [-0.4, -0.2) is 12.1 Å². The van der Waals surface area contributed by atoms with Crippen molar-refractivity contribution in [1.29, 1.82) is 0 Å². The molecular formula is C9H9F3O3S. The van der Waals surface area contributed by atoms with Gasteiger partial charge in [0.05, 0.1) is 6.61 Å². The Kier molecular flexibility index (Phi) is 3.90. The molecule has 0 aromatic carbocycles. The van der Waals surface area contributed by atoms with E-state index in [9.17, 15) is 18.0 Å². The second-order valence-electron chi connectivity index (χ2n) is 2.82. The van der Waals surface area contributed by atoms with E-state index in [1.807, 2.05) is 0 Å². The quantitative estimate of drug-likeness (QED) is 0.777. The van der Waals surface area contributed by atoms with E-state index in [1.165, 1.54) is 13.0 Å². The first-order valence-electron chi connectivity index (χ1n) is 4.36. The van der Waals surface area contributed by atoms with Crippen LogP contribution >= 0.6 is 11.8 Å². The molecular weight excluding hydrogens is 245 g/mol. The van der Waals surface area contributed by atoms with E-state index in [1.54, 1.807) is 6.92 Å². The van der Waals surface area contributed by atoms with Gasteiger partial charge < -0.3 is 9.15 Å². The molecule has 0 saturated carbocycles. The highest BCUT2D eigenvalue weighted by molar-refractivity contribution is 8.00. The predicted octanol–water partition coefficient (Wildman–Crippen LogP) is 2.96. The molecule has 1 rings (SSSR count). The molecule has 0 amide bonds. The molecule has 0 saturated heterocycles. The Morgan fingerprint density at radius 3 is 2.62 bits per heavy atom. The number of rotatable bonds is 3. The zero-order valence-corrected chi connectivity index (χ0v) is 9.37. The van der Waals surface area contributed by atoms with Gasteiger partial charge in [-0.05, 0) is 25.6 Å². The summed E-state index contributed by atoms with van der Waals surface area (Å²) in [6.45, 7) is 3.26. The zero-order valence-electron chi connectivity index (χ0n) is 8.55. The smallest absolute Gasteiger partial charge is 0.446 e. The van der Waals surface area contributed by atoms with Crippen LogP contribution in [0.25, 0.3) is 0 Å². The van der Waals surface area contributed by atoms with Gasteiger partial charge in [-0.2, -0.15) is 13.2 Å². The third-order valence-corrected chi connectivity index (χ3v) is 2.32. The Labute approximate surface area is 93.6 Å². The molecule has 0 aliphatic heterocycles. The highest BCUT2D eigenvalue weighted by Crippen LogP contribution is 2.39. The Bertz CT molecular complexity index is 425. The van der Waals surface area contributed by atoms with Gasteiger partial charge in [0, 0.05) is 6.07 Å². The highest BCUT2D eigenvalue weighted by atomic mass is 32.2.